The predicted octanol–water partition coefficient (Wildman–Crippen LogP) is 2.34. The van der Waals surface area contributed by atoms with Crippen LogP contribution in [0.4, 0.5) is 24.9 Å². The van der Waals surface area contributed by atoms with E-state index in [2.05, 4.69) is 30.6 Å². The zero-order valence-electron chi connectivity index (χ0n) is 18.9. The molecule has 10 nitrogen and oxygen atoms in total. The number of anilines is 2. The van der Waals surface area contributed by atoms with Gasteiger partial charge in [0.2, 0.25) is 11.8 Å². The second-order valence-corrected chi connectivity index (χ2v) is 9.18. The summed E-state index contributed by atoms with van der Waals surface area (Å²) in [5, 5.41) is 36.0. The number of aliphatic hydroxyl groups is 3. The molecular formula is C21H25F3N6O4S. The smallest absolute Gasteiger partial charge is 0.405 e. The van der Waals surface area contributed by atoms with Crippen LogP contribution in [-0.2, 0) is 0 Å². The van der Waals surface area contributed by atoms with Crippen molar-refractivity contribution in [1.29, 1.82) is 0 Å². The van der Waals surface area contributed by atoms with Gasteiger partial charge in [-0.2, -0.15) is 18.2 Å². The van der Waals surface area contributed by atoms with Crippen LogP contribution >= 0.6 is 11.3 Å². The van der Waals surface area contributed by atoms with Gasteiger partial charge >= 0.3 is 6.18 Å². The molecule has 0 unspecified atom stereocenters. The van der Waals surface area contributed by atoms with E-state index in [9.17, 15) is 28.5 Å². The first kappa shape index (κ1) is 25.3. The number of hydrogen-bond acceptors (Lipinski definition) is 11. The summed E-state index contributed by atoms with van der Waals surface area (Å²) in [7, 11) is 0. The molecule has 4 rings (SSSR count). The first-order chi connectivity index (χ1) is 16.6. The highest BCUT2D eigenvalue weighted by Gasteiger charge is 2.42. The van der Waals surface area contributed by atoms with Gasteiger partial charge in [-0.25, -0.2) is 15.0 Å². The number of rotatable bonds is 8. The van der Waals surface area contributed by atoms with Crippen molar-refractivity contribution in [3.8, 4) is 16.5 Å². The van der Waals surface area contributed by atoms with Gasteiger partial charge in [-0.15, -0.1) is 11.3 Å². The second kappa shape index (κ2) is 10.0. The Morgan fingerprint density at radius 2 is 2.00 bits per heavy atom. The topological polar surface area (TPSA) is 146 Å². The Bertz CT molecular complexity index is 1190. The van der Waals surface area contributed by atoms with E-state index in [0.29, 0.717) is 34.3 Å². The third-order valence-electron chi connectivity index (χ3n) is 5.66. The zero-order valence-corrected chi connectivity index (χ0v) is 19.7. The summed E-state index contributed by atoms with van der Waals surface area (Å²) in [6.45, 7) is 2.17. The summed E-state index contributed by atoms with van der Waals surface area (Å²) in [5.41, 5.74) is 1.27. The number of alkyl halides is 3. The van der Waals surface area contributed by atoms with E-state index in [1.165, 1.54) is 11.3 Å². The van der Waals surface area contributed by atoms with Crippen LogP contribution in [0.3, 0.4) is 0 Å². The van der Waals surface area contributed by atoms with E-state index in [-0.39, 0.29) is 24.8 Å². The Morgan fingerprint density at radius 3 is 2.69 bits per heavy atom. The average Bonchev–Trinajstić information content (AvgIpc) is 3.34. The molecule has 4 atom stereocenters. The highest BCUT2D eigenvalue weighted by molar-refractivity contribution is 7.21. The minimum atomic E-state index is -4.48. The van der Waals surface area contributed by atoms with E-state index in [0.717, 1.165) is 4.70 Å². The highest BCUT2D eigenvalue weighted by atomic mass is 32.1. The number of thiazole rings is 1. The molecular weight excluding hydrogens is 489 g/mol. The normalized spacial score (nSPS) is 22.5. The van der Waals surface area contributed by atoms with Crippen molar-refractivity contribution >= 4 is 33.3 Å². The average molecular weight is 515 g/mol. The van der Waals surface area contributed by atoms with Gasteiger partial charge < -0.3 is 30.7 Å². The number of fused-ring (bicyclic) bond motifs is 1. The molecule has 0 radical (unpaired) electrons. The molecule has 5 N–H and O–H groups in total. The molecule has 1 saturated carbocycles. The van der Waals surface area contributed by atoms with Gasteiger partial charge in [0.15, 0.2) is 0 Å². The maximum absolute atomic E-state index is 12.8. The molecule has 14 heteroatoms. The summed E-state index contributed by atoms with van der Waals surface area (Å²) in [5.74, 6) is -0.307. The molecule has 1 aliphatic carbocycles. The summed E-state index contributed by atoms with van der Waals surface area (Å²) in [4.78, 5) is 17.3. The molecule has 3 aromatic heterocycles. The van der Waals surface area contributed by atoms with Crippen LogP contribution in [0.5, 0.6) is 5.88 Å². The Hall–Kier alpha value is -2.81. The van der Waals surface area contributed by atoms with E-state index in [4.69, 9.17) is 4.74 Å². The fourth-order valence-electron chi connectivity index (χ4n) is 4.04. The maximum atomic E-state index is 12.8. The summed E-state index contributed by atoms with van der Waals surface area (Å²) in [6, 6.07) is 0.967. The molecule has 3 heterocycles. The van der Waals surface area contributed by atoms with Crippen LogP contribution in [0.2, 0.25) is 0 Å². The number of nitrogens with one attached hydrogen (secondary N) is 2. The molecule has 1 aliphatic rings. The number of aryl methyl sites for hydroxylation is 1. The monoisotopic (exact) mass is 514 g/mol. The van der Waals surface area contributed by atoms with Crippen LogP contribution in [0.1, 0.15) is 19.0 Å². The number of aliphatic hydroxyl groups excluding tert-OH is 3. The highest BCUT2D eigenvalue weighted by Crippen LogP contribution is 2.39. The Morgan fingerprint density at radius 1 is 1.23 bits per heavy atom. The van der Waals surface area contributed by atoms with Gasteiger partial charge in [0, 0.05) is 18.7 Å². The Balaban J connectivity index is 1.80. The van der Waals surface area contributed by atoms with E-state index in [1.54, 1.807) is 19.2 Å². The largest absolute Gasteiger partial charge is 0.476 e. The molecule has 1 fully saturated rings. The van der Waals surface area contributed by atoms with E-state index in [1.807, 2.05) is 6.92 Å². The Labute approximate surface area is 202 Å². The van der Waals surface area contributed by atoms with Crippen molar-refractivity contribution in [3.05, 3.63) is 18.0 Å². The molecule has 3 aromatic rings. The molecule has 0 bridgehead atoms. The number of nitrogens with zero attached hydrogens (tertiary/aromatic N) is 4. The number of aromatic nitrogens is 4. The number of pyridine rings is 1. The molecule has 0 aromatic carbocycles. The van der Waals surface area contributed by atoms with Crippen molar-refractivity contribution in [2.75, 3.05) is 30.4 Å². The lowest BCUT2D eigenvalue weighted by Crippen LogP contribution is -2.38. The second-order valence-electron chi connectivity index (χ2n) is 8.15. The van der Waals surface area contributed by atoms with Crippen molar-refractivity contribution in [2.24, 2.45) is 5.92 Å². The minimum Gasteiger partial charge on any atom is -0.476 e. The van der Waals surface area contributed by atoms with Gasteiger partial charge in [0.05, 0.1) is 34.7 Å². The lowest BCUT2D eigenvalue weighted by atomic mass is 10.0. The number of halogens is 3. The van der Waals surface area contributed by atoms with Crippen LogP contribution in [0.15, 0.2) is 12.3 Å². The van der Waals surface area contributed by atoms with Gasteiger partial charge in [-0.05, 0) is 26.3 Å². The Kier molecular flexibility index (Phi) is 7.26. The third-order valence-corrected chi connectivity index (χ3v) is 6.70. The number of ether oxygens (including phenoxy) is 1. The third kappa shape index (κ3) is 5.39. The molecule has 0 saturated heterocycles. The van der Waals surface area contributed by atoms with Crippen molar-refractivity contribution < 1.29 is 33.2 Å². The van der Waals surface area contributed by atoms with Crippen molar-refractivity contribution in [3.63, 3.8) is 0 Å². The minimum absolute atomic E-state index is 0.115. The van der Waals surface area contributed by atoms with Gasteiger partial charge in [0.1, 0.15) is 29.0 Å². The lowest BCUT2D eigenvalue weighted by Gasteiger charge is -2.24. The fraction of sp³-hybridized carbons (Fsp3) is 0.524. The van der Waals surface area contributed by atoms with E-state index >= 15 is 0 Å². The van der Waals surface area contributed by atoms with Crippen molar-refractivity contribution in [2.45, 2.75) is 44.7 Å². The number of hydrogen-bond donors (Lipinski definition) is 5. The molecule has 0 aliphatic heterocycles. The van der Waals surface area contributed by atoms with Gasteiger partial charge in [-0.1, -0.05) is 0 Å². The SMILES string of the molecule is CCOc1nccc2sc(-c3c(C)nc(NCC(F)(F)F)nc3N[C@@H]3[C@H](CO)C[C@@H](O)[C@H]3O)nc12. The molecule has 35 heavy (non-hydrogen) atoms. The molecule has 0 amide bonds. The zero-order chi connectivity index (χ0) is 25.3. The van der Waals surface area contributed by atoms with Gasteiger partial charge in [-0.3, -0.25) is 0 Å². The van der Waals surface area contributed by atoms with Crippen molar-refractivity contribution in [1.82, 2.24) is 19.9 Å². The summed E-state index contributed by atoms with van der Waals surface area (Å²) < 4.78 is 44.7. The first-order valence-electron chi connectivity index (χ1n) is 10.9. The first-order valence-corrected chi connectivity index (χ1v) is 11.7. The van der Waals surface area contributed by atoms with E-state index < -0.39 is 36.9 Å². The summed E-state index contributed by atoms with van der Waals surface area (Å²) >= 11 is 1.30. The van der Waals surface area contributed by atoms with Crippen LogP contribution in [0, 0.1) is 12.8 Å². The summed E-state index contributed by atoms with van der Waals surface area (Å²) in [6.07, 6.45) is -5.03. The maximum Gasteiger partial charge on any atom is 0.405 e. The predicted molar refractivity (Wildman–Crippen MR) is 124 cm³/mol. The van der Waals surface area contributed by atoms with Crippen LogP contribution in [-0.4, -0.2) is 79.4 Å². The van der Waals surface area contributed by atoms with Gasteiger partial charge in [0.25, 0.3) is 0 Å². The fourth-order valence-corrected chi connectivity index (χ4v) is 5.09. The lowest BCUT2D eigenvalue weighted by molar-refractivity contribution is -0.115. The van der Waals surface area contributed by atoms with Crippen LogP contribution in [0.25, 0.3) is 20.8 Å². The molecule has 0 spiro atoms. The van der Waals surface area contributed by atoms with Crippen LogP contribution < -0.4 is 15.4 Å². The molecule has 190 valence electrons. The quantitative estimate of drug-likeness (QED) is 0.304. The standard InChI is InChI=1S/C21H25F3N6O4S/c1-3-34-18-15-12(4-5-25-18)35-19(29-15)13-9(2)27-20(26-8-21(22,23)24)30-17(13)28-14-10(7-31)6-11(32)16(14)33/h4-5,10-11,14,16,31-33H,3,6-8H2,1-2H3,(H2,26,27,28,30)/t10-,11+,14+,16+/m0/s1.